The van der Waals surface area contributed by atoms with Crippen LogP contribution in [0.5, 0.6) is 0 Å². The molecule has 5 nitrogen and oxygen atoms in total. The van der Waals surface area contributed by atoms with E-state index in [4.69, 9.17) is 0 Å². The summed E-state index contributed by atoms with van der Waals surface area (Å²) in [7, 11) is -3.60. The van der Waals surface area contributed by atoms with Crippen molar-refractivity contribution in [2.24, 2.45) is 0 Å². The van der Waals surface area contributed by atoms with Crippen molar-refractivity contribution in [1.82, 2.24) is 10.6 Å². The molecular weight excluding hydrogens is 374 g/mol. The Morgan fingerprint density at radius 2 is 1.80 bits per heavy atom. The van der Waals surface area contributed by atoms with Gasteiger partial charge >= 0.3 is 0 Å². The Balaban J connectivity index is 0.00000225. The molecule has 1 aliphatic carbocycles. The Kier molecular flexibility index (Phi) is 5.75. The predicted octanol–water partition coefficient (Wildman–Crippen LogP) is 1.53. The molecule has 2 atom stereocenters. The summed E-state index contributed by atoms with van der Waals surface area (Å²) < 4.78 is 50.6. The molecule has 1 saturated heterocycles. The summed E-state index contributed by atoms with van der Waals surface area (Å²) in [5, 5.41) is 5.74. The number of amides is 1. The third-order valence-electron chi connectivity index (χ3n) is 5.01. The topological polar surface area (TPSA) is 75.3 Å². The number of benzene rings is 1. The number of carbonyl (C=O) groups is 1. The zero-order chi connectivity index (χ0) is 17.5. The lowest BCUT2D eigenvalue weighted by atomic mass is 9.95. The Labute approximate surface area is 151 Å². The maximum absolute atomic E-state index is 13.8. The standard InChI is InChI=1S/C16H20F2N2O3S.ClH/c1-24(22,23)16(5-7-19-8-6-16)15(21)20-13-9-10(13)14-11(17)3-2-4-12(14)18;/h2-4,10,13,19H,5-9H2,1H3,(H,20,21);1H. The van der Waals surface area contributed by atoms with E-state index in [1.165, 1.54) is 18.2 Å². The monoisotopic (exact) mass is 394 g/mol. The molecule has 0 radical (unpaired) electrons. The van der Waals surface area contributed by atoms with E-state index in [1.54, 1.807) is 0 Å². The van der Waals surface area contributed by atoms with Gasteiger partial charge in [-0.05, 0) is 44.5 Å². The van der Waals surface area contributed by atoms with E-state index in [2.05, 4.69) is 10.6 Å². The molecule has 1 aromatic carbocycles. The van der Waals surface area contributed by atoms with Crippen LogP contribution in [0.2, 0.25) is 0 Å². The van der Waals surface area contributed by atoms with E-state index in [-0.39, 0.29) is 30.8 Å². The molecule has 0 aromatic heterocycles. The van der Waals surface area contributed by atoms with E-state index in [1.807, 2.05) is 0 Å². The van der Waals surface area contributed by atoms with Crippen LogP contribution in [0.25, 0.3) is 0 Å². The minimum Gasteiger partial charge on any atom is -0.351 e. The molecule has 140 valence electrons. The van der Waals surface area contributed by atoms with Crippen LogP contribution in [0.15, 0.2) is 18.2 Å². The second kappa shape index (κ2) is 7.17. The molecule has 2 unspecified atom stereocenters. The Morgan fingerprint density at radius 3 is 2.32 bits per heavy atom. The highest BCUT2D eigenvalue weighted by molar-refractivity contribution is 7.92. The Morgan fingerprint density at radius 1 is 1.24 bits per heavy atom. The molecule has 1 aromatic rings. The van der Waals surface area contributed by atoms with Crippen molar-refractivity contribution in [3.05, 3.63) is 35.4 Å². The van der Waals surface area contributed by atoms with E-state index in [0.717, 1.165) is 6.26 Å². The van der Waals surface area contributed by atoms with Gasteiger partial charge in [-0.15, -0.1) is 12.4 Å². The molecular formula is C16H21ClF2N2O3S. The molecule has 0 bridgehead atoms. The summed E-state index contributed by atoms with van der Waals surface area (Å²) in [4.78, 5) is 12.7. The van der Waals surface area contributed by atoms with Crippen LogP contribution in [0.4, 0.5) is 8.78 Å². The first-order valence-corrected chi connectivity index (χ1v) is 9.80. The predicted molar refractivity (Wildman–Crippen MR) is 92.6 cm³/mol. The maximum atomic E-state index is 13.8. The molecule has 2 aliphatic rings. The van der Waals surface area contributed by atoms with Crippen molar-refractivity contribution in [3.63, 3.8) is 0 Å². The van der Waals surface area contributed by atoms with Crippen molar-refractivity contribution in [2.75, 3.05) is 19.3 Å². The molecule has 1 amide bonds. The van der Waals surface area contributed by atoms with Gasteiger partial charge in [-0.25, -0.2) is 17.2 Å². The average molecular weight is 395 g/mol. The minimum atomic E-state index is -3.60. The van der Waals surface area contributed by atoms with Gasteiger partial charge in [0.25, 0.3) is 0 Å². The molecule has 25 heavy (non-hydrogen) atoms. The SMILES string of the molecule is CS(=O)(=O)C1(C(=O)NC2CC2c2c(F)cccc2F)CCNCC1.Cl. The second-order valence-electron chi connectivity index (χ2n) is 6.57. The average Bonchev–Trinajstić information content (AvgIpc) is 3.25. The highest BCUT2D eigenvalue weighted by atomic mass is 35.5. The highest BCUT2D eigenvalue weighted by Crippen LogP contribution is 2.43. The summed E-state index contributed by atoms with van der Waals surface area (Å²) in [6.07, 6.45) is 1.87. The Bertz CT molecular complexity index is 746. The van der Waals surface area contributed by atoms with Gasteiger partial charge in [0.05, 0.1) is 0 Å². The zero-order valence-electron chi connectivity index (χ0n) is 13.7. The first-order chi connectivity index (χ1) is 11.3. The van der Waals surface area contributed by atoms with Crippen molar-refractivity contribution >= 4 is 28.2 Å². The van der Waals surface area contributed by atoms with Crippen LogP contribution in [0.1, 0.15) is 30.7 Å². The van der Waals surface area contributed by atoms with E-state index in [9.17, 15) is 22.0 Å². The molecule has 0 spiro atoms. The van der Waals surface area contributed by atoms with Gasteiger partial charge < -0.3 is 10.6 Å². The number of halogens is 3. The normalized spacial score (nSPS) is 24.9. The maximum Gasteiger partial charge on any atom is 0.241 e. The minimum absolute atomic E-state index is 0. The van der Waals surface area contributed by atoms with Gasteiger partial charge in [0.2, 0.25) is 5.91 Å². The molecule has 3 rings (SSSR count). The summed E-state index contributed by atoms with van der Waals surface area (Å²) in [6, 6.07) is 3.22. The largest absolute Gasteiger partial charge is 0.351 e. The van der Waals surface area contributed by atoms with Crippen molar-refractivity contribution < 1.29 is 22.0 Å². The van der Waals surface area contributed by atoms with Crippen LogP contribution in [0.3, 0.4) is 0 Å². The summed E-state index contributed by atoms with van der Waals surface area (Å²) >= 11 is 0. The van der Waals surface area contributed by atoms with Gasteiger partial charge in [-0.1, -0.05) is 6.07 Å². The number of piperidine rings is 1. The van der Waals surface area contributed by atoms with Gasteiger partial charge in [-0.2, -0.15) is 0 Å². The Hall–Kier alpha value is -1.25. The lowest BCUT2D eigenvalue weighted by Gasteiger charge is -2.34. The number of hydrogen-bond acceptors (Lipinski definition) is 4. The molecule has 2 fully saturated rings. The molecule has 1 heterocycles. The van der Waals surface area contributed by atoms with E-state index >= 15 is 0 Å². The highest BCUT2D eigenvalue weighted by Gasteiger charge is 2.52. The number of rotatable bonds is 4. The van der Waals surface area contributed by atoms with E-state index in [0.29, 0.717) is 19.5 Å². The van der Waals surface area contributed by atoms with Gasteiger partial charge in [0, 0.05) is 23.8 Å². The summed E-state index contributed by atoms with van der Waals surface area (Å²) in [5.41, 5.74) is -0.0403. The van der Waals surface area contributed by atoms with Gasteiger partial charge in [-0.3, -0.25) is 4.79 Å². The fourth-order valence-corrected chi connectivity index (χ4v) is 4.78. The summed E-state index contributed by atoms with van der Waals surface area (Å²) in [6.45, 7) is 0.882. The lowest BCUT2D eigenvalue weighted by molar-refractivity contribution is -0.124. The van der Waals surface area contributed by atoms with Crippen LogP contribution in [-0.2, 0) is 14.6 Å². The van der Waals surface area contributed by atoms with Crippen LogP contribution >= 0.6 is 12.4 Å². The number of carbonyl (C=O) groups excluding carboxylic acids is 1. The lowest BCUT2D eigenvalue weighted by Crippen LogP contribution is -2.57. The molecule has 9 heteroatoms. The molecule has 2 N–H and O–H groups in total. The number of nitrogens with one attached hydrogen (secondary N) is 2. The number of sulfone groups is 1. The molecule has 1 saturated carbocycles. The van der Waals surface area contributed by atoms with Crippen LogP contribution in [0, 0.1) is 11.6 Å². The van der Waals surface area contributed by atoms with Gasteiger partial charge in [0.1, 0.15) is 11.6 Å². The summed E-state index contributed by atoms with van der Waals surface area (Å²) in [5.74, 6) is -2.29. The van der Waals surface area contributed by atoms with Crippen LogP contribution < -0.4 is 10.6 Å². The number of hydrogen-bond donors (Lipinski definition) is 2. The van der Waals surface area contributed by atoms with Crippen molar-refractivity contribution in [2.45, 2.75) is 36.0 Å². The third kappa shape index (κ3) is 3.66. The fraction of sp³-hybridized carbons (Fsp3) is 0.562. The smallest absolute Gasteiger partial charge is 0.241 e. The van der Waals surface area contributed by atoms with Crippen molar-refractivity contribution in [1.29, 1.82) is 0 Å². The van der Waals surface area contributed by atoms with Crippen LogP contribution in [-0.4, -0.2) is 44.5 Å². The first kappa shape index (κ1) is 20.1. The fourth-order valence-electron chi connectivity index (χ4n) is 3.44. The quantitative estimate of drug-likeness (QED) is 0.812. The van der Waals surface area contributed by atoms with Crippen molar-refractivity contribution in [3.8, 4) is 0 Å². The van der Waals surface area contributed by atoms with Gasteiger partial charge in [0.15, 0.2) is 14.6 Å². The second-order valence-corrected chi connectivity index (χ2v) is 8.90. The van der Waals surface area contributed by atoms with E-state index < -0.39 is 44.1 Å². The zero-order valence-corrected chi connectivity index (χ0v) is 15.4. The molecule has 1 aliphatic heterocycles. The third-order valence-corrected chi connectivity index (χ3v) is 7.03. The first-order valence-electron chi connectivity index (χ1n) is 7.91.